The molecule has 8 aromatic rings. The standard InChI is InChI=1S/C41H55FN8O3.C35H41FN6O4.C6H14N2.CH4/c1-5-37-34(40(47-32-15-17-53-18-16-32)35-23-45-50(6-2)41(35)48-37)22-44-39(52)12-8-11-38(51)43-21-29-13-14-36(42)33(20-29)31-10-7-9-30(19-31)26-49-24-27(3)46-28(4)25-49;1-3-31-28(34(40-26-13-15-46-16-14-26)29-21-39-42(4-2)35(29)41-31)20-38-33(45)10-6-9-32(44)37-19-23-11-12-30(36)27(18-23)25-8-5-7-24(17-25)22-43;1-5-3-7-4-6(2)8-5;/h7,9-10,13-14,19-20,23,27-28,32,46H,5-6,8,11-12,15-18,21-22,24-26H2,1-4H3,(H,43,51)(H,44,52)(H,47,48);5,7-8,11-12,17-18,21-22,26H,3-4,6,9-10,13-16,19-20H2,1-2H3,(H,37,44)(H,38,45)(H,40,41);5-8H,3-4H2,1-2H3;1H4. The normalized spacial score (nSPS) is 17.6. The molecule has 108 heavy (non-hydrogen) atoms. The fourth-order valence-corrected chi connectivity index (χ4v) is 14.5. The molecular formula is C83H114F2N16O7. The molecule has 8 heterocycles. The summed E-state index contributed by atoms with van der Waals surface area (Å²) in [7, 11) is 0. The highest BCUT2D eigenvalue weighted by Crippen LogP contribution is 2.34. The van der Waals surface area contributed by atoms with Crippen LogP contribution in [0.1, 0.15) is 177 Å². The van der Waals surface area contributed by atoms with E-state index in [0.717, 1.165) is 169 Å². The van der Waals surface area contributed by atoms with Gasteiger partial charge in [0.25, 0.3) is 0 Å². The van der Waals surface area contributed by atoms with Crippen molar-refractivity contribution in [3.05, 3.63) is 154 Å². The number of nitrogens with zero attached hydrogens (tertiary/aromatic N) is 7. The second kappa shape index (κ2) is 41.5. The number of halogens is 2. The number of benzene rings is 4. The van der Waals surface area contributed by atoms with Crippen LogP contribution >= 0.6 is 0 Å². The van der Waals surface area contributed by atoms with Gasteiger partial charge in [-0.25, -0.2) is 28.1 Å². The average Bonchev–Trinajstić information content (AvgIpc) is 1.59. The predicted molar refractivity (Wildman–Crippen MR) is 423 cm³/mol. The summed E-state index contributed by atoms with van der Waals surface area (Å²) in [5, 5.41) is 40.7. The maximum absolute atomic E-state index is 15.1. The van der Waals surface area contributed by atoms with E-state index in [-0.39, 0.29) is 87.7 Å². The summed E-state index contributed by atoms with van der Waals surface area (Å²) in [5.41, 5.74) is 12.8. The molecule has 4 unspecified atom stereocenters. The van der Waals surface area contributed by atoms with Crippen LogP contribution in [0.2, 0.25) is 0 Å². The first kappa shape index (κ1) is 82.9. The number of pyridine rings is 2. The number of aromatic nitrogens is 6. The number of carbonyl (C=O) groups is 5. The lowest BCUT2D eigenvalue weighted by molar-refractivity contribution is -0.124. The van der Waals surface area contributed by atoms with Gasteiger partial charge in [0, 0.05) is 200 Å². The fraction of sp³-hybridized carbons (Fsp3) is 0.506. The number of hydrogen-bond donors (Lipinski definition) is 9. The van der Waals surface area contributed by atoms with Gasteiger partial charge in [-0.2, -0.15) is 10.2 Å². The van der Waals surface area contributed by atoms with Gasteiger partial charge in [0.15, 0.2) is 11.3 Å². The van der Waals surface area contributed by atoms with Crippen LogP contribution in [0.15, 0.2) is 97.3 Å². The van der Waals surface area contributed by atoms with Gasteiger partial charge in [0.05, 0.1) is 34.5 Å². The monoisotopic (exact) mass is 1480 g/mol. The number of aryl methyl sites for hydroxylation is 4. The molecule has 4 saturated heterocycles. The Kier molecular flexibility index (Phi) is 31.8. The highest BCUT2D eigenvalue weighted by atomic mass is 19.1. The van der Waals surface area contributed by atoms with Gasteiger partial charge < -0.3 is 57.3 Å². The van der Waals surface area contributed by atoms with E-state index in [4.69, 9.17) is 19.4 Å². The largest absolute Gasteiger partial charge is 0.381 e. The highest BCUT2D eigenvalue weighted by Gasteiger charge is 2.26. The summed E-state index contributed by atoms with van der Waals surface area (Å²) in [6.07, 6.45) is 11.1. The van der Waals surface area contributed by atoms with E-state index < -0.39 is 5.82 Å². The first-order valence-corrected chi connectivity index (χ1v) is 38.6. The first-order chi connectivity index (χ1) is 51.9. The van der Waals surface area contributed by atoms with Crippen LogP contribution in [-0.2, 0) is 87.3 Å². The maximum atomic E-state index is 15.1. The third-order valence-corrected chi connectivity index (χ3v) is 20.0. The van der Waals surface area contributed by atoms with Crippen molar-refractivity contribution in [1.82, 2.24) is 71.6 Å². The summed E-state index contributed by atoms with van der Waals surface area (Å²) in [5.74, 6) is -1.31. The zero-order chi connectivity index (χ0) is 75.8. The SMILES string of the molecule is C.CC1CNCC(C)N1.CCc1nc2c(cnn2CC)c(NC2CCOCC2)c1CNC(=O)CCCC(=O)NCc1ccc(F)c(-c2cccc(C=O)c2)c1.CCc1nc2c(cnn2CC)c(NC2CCOCC2)c1CNC(=O)CCCC(=O)NCc1ccc(F)c(-c2cccc(CN3CC(C)NC(C)C3)c2)c1. The Morgan fingerprint density at radius 2 is 0.963 bits per heavy atom. The summed E-state index contributed by atoms with van der Waals surface area (Å²) >= 11 is 0. The number of ether oxygens (including phenoxy) is 2. The molecule has 0 bridgehead atoms. The van der Waals surface area contributed by atoms with Crippen LogP contribution in [0.4, 0.5) is 20.2 Å². The molecule has 4 amide bonds. The van der Waals surface area contributed by atoms with Gasteiger partial charge in [0.1, 0.15) is 17.9 Å². The minimum absolute atomic E-state index is 0. The zero-order valence-electron chi connectivity index (χ0n) is 63.6. The summed E-state index contributed by atoms with van der Waals surface area (Å²) < 4.78 is 44.5. The third kappa shape index (κ3) is 23.5. The first-order valence-electron chi connectivity index (χ1n) is 38.6. The molecule has 0 aliphatic carbocycles. The smallest absolute Gasteiger partial charge is 0.220 e. The minimum atomic E-state index is -0.409. The molecule has 25 heteroatoms. The molecule has 582 valence electrons. The molecule has 0 spiro atoms. The lowest BCUT2D eigenvalue weighted by Crippen LogP contribution is -2.53. The van der Waals surface area contributed by atoms with E-state index in [9.17, 15) is 28.4 Å². The van der Waals surface area contributed by atoms with E-state index in [1.54, 1.807) is 42.5 Å². The van der Waals surface area contributed by atoms with Crippen LogP contribution in [0, 0.1) is 11.6 Å². The number of anilines is 2. The number of aldehydes is 1. The lowest BCUT2D eigenvalue weighted by atomic mass is 9.99. The van der Waals surface area contributed by atoms with Crippen molar-refractivity contribution in [2.75, 3.05) is 63.2 Å². The molecule has 4 fully saturated rings. The molecule has 4 aromatic heterocycles. The van der Waals surface area contributed by atoms with Crippen molar-refractivity contribution in [3.8, 4) is 22.3 Å². The number of carbonyl (C=O) groups excluding carboxylic acids is 5. The fourth-order valence-electron chi connectivity index (χ4n) is 14.5. The molecule has 12 rings (SSSR count). The van der Waals surface area contributed by atoms with Crippen molar-refractivity contribution in [3.63, 3.8) is 0 Å². The van der Waals surface area contributed by atoms with Crippen molar-refractivity contribution in [1.29, 1.82) is 0 Å². The van der Waals surface area contributed by atoms with Crippen LogP contribution in [0.5, 0.6) is 0 Å². The number of fused-ring (bicyclic) bond motifs is 2. The van der Waals surface area contributed by atoms with E-state index in [1.165, 1.54) is 12.1 Å². The van der Waals surface area contributed by atoms with Crippen LogP contribution in [0.3, 0.4) is 0 Å². The zero-order valence-corrected chi connectivity index (χ0v) is 63.6. The molecular weight excluding hydrogens is 1370 g/mol. The van der Waals surface area contributed by atoms with Crippen molar-refractivity contribution in [2.24, 2.45) is 0 Å². The second-order valence-corrected chi connectivity index (χ2v) is 28.7. The van der Waals surface area contributed by atoms with Gasteiger partial charge in [-0.15, -0.1) is 0 Å². The predicted octanol–water partition coefficient (Wildman–Crippen LogP) is 11.6. The maximum Gasteiger partial charge on any atom is 0.220 e. The van der Waals surface area contributed by atoms with E-state index >= 15 is 4.39 Å². The topological polar surface area (TPSA) is 277 Å². The van der Waals surface area contributed by atoms with Gasteiger partial charge in [-0.05, 0) is 157 Å². The van der Waals surface area contributed by atoms with Gasteiger partial charge in [0.2, 0.25) is 23.6 Å². The molecule has 4 aliphatic rings. The van der Waals surface area contributed by atoms with E-state index in [1.807, 2.05) is 46.9 Å². The van der Waals surface area contributed by atoms with Crippen molar-refractivity contribution < 1.29 is 42.2 Å². The van der Waals surface area contributed by atoms with Gasteiger partial charge >= 0.3 is 0 Å². The van der Waals surface area contributed by atoms with Gasteiger partial charge in [-0.3, -0.25) is 28.9 Å². The number of hydrogen-bond acceptors (Lipinski definition) is 17. The number of piperazine rings is 2. The Labute approximate surface area is 635 Å². The number of amides is 4. The molecule has 23 nitrogen and oxygen atoms in total. The number of nitrogens with one attached hydrogen (secondary N) is 9. The molecule has 4 aliphatic heterocycles. The Morgan fingerprint density at radius 3 is 1.38 bits per heavy atom. The third-order valence-electron chi connectivity index (χ3n) is 20.0. The van der Waals surface area contributed by atoms with Crippen molar-refractivity contribution in [2.45, 2.75) is 222 Å². The average molecular weight is 1490 g/mol. The van der Waals surface area contributed by atoms with Crippen LogP contribution in [-0.4, -0.2) is 153 Å². The lowest BCUT2D eigenvalue weighted by Gasteiger charge is -2.36. The summed E-state index contributed by atoms with van der Waals surface area (Å²) in [6, 6.07) is 27.1. The van der Waals surface area contributed by atoms with Crippen molar-refractivity contribution >= 4 is 63.4 Å². The van der Waals surface area contributed by atoms with E-state index in [2.05, 4.69) is 124 Å². The molecule has 9 N–H and O–H groups in total. The summed E-state index contributed by atoms with van der Waals surface area (Å²) in [6.45, 7) is 27.4. The highest BCUT2D eigenvalue weighted by molar-refractivity contribution is 5.93. The number of rotatable bonds is 29. The van der Waals surface area contributed by atoms with E-state index in [0.29, 0.717) is 98.5 Å². The molecule has 4 atom stereocenters. The minimum Gasteiger partial charge on any atom is -0.381 e. The van der Waals surface area contributed by atoms with Crippen LogP contribution < -0.4 is 47.9 Å². The summed E-state index contributed by atoms with van der Waals surface area (Å²) in [4.78, 5) is 74.7. The Morgan fingerprint density at radius 1 is 0.537 bits per heavy atom. The molecule has 0 saturated carbocycles. The second-order valence-electron chi connectivity index (χ2n) is 28.7. The Hall–Kier alpha value is -9.11. The molecule has 4 aromatic carbocycles. The Bertz CT molecular complexity index is 4270. The Balaban J connectivity index is 0.000000225. The van der Waals surface area contributed by atoms with Gasteiger partial charge in [-0.1, -0.05) is 69.8 Å². The molecule has 0 radical (unpaired) electrons. The van der Waals surface area contributed by atoms with Crippen LogP contribution in [0.25, 0.3) is 44.3 Å². The quantitative estimate of drug-likeness (QED) is 0.0197.